The molecule has 0 unspecified atom stereocenters. The smallest absolute Gasteiger partial charge is 0.0991 e. The van der Waals surface area contributed by atoms with Crippen LogP contribution in [0, 0.1) is 11.3 Å². The Morgan fingerprint density at radius 1 is 1.05 bits per heavy atom. The van der Waals surface area contributed by atoms with E-state index in [-0.39, 0.29) is 0 Å². The Morgan fingerprint density at radius 2 is 1.71 bits per heavy atom. The third-order valence-electron chi connectivity index (χ3n) is 5.07. The van der Waals surface area contributed by atoms with Crippen molar-refractivity contribution in [2.75, 3.05) is 0 Å². The van der Waals surface area contributed by atoms with Gasteiger partial charge in [0.05, 0.1) is 11.6 Å². The molecule has 2 heteroatoms. The maximum absolute atomic E-state index is 8.87. The summed E-state index contributed by atoms with van der Waals surface area (Å²) in [4.78, 5) is 0. The van der Waals surface area contributed by atoms with Crippen LogP contribution in [-0.4, -0.2) is 8.80 Å². The molecule has 0 bridgehead atoms. The van der Waals surface area contributed by atoms with Crippen LogP contribution in [0.1, 0.15) is 68.9 Å². The molecule has 1 aromatic carbocycles. The molecule has 1 heterocycles. The monoisotopic (exact) mass is 299 g/mol. The van der Waals surface area contributed by atoms with E-state index in [2.05, 4.69) is 25.1 Å². The fraction of sp³-hybridized carbons (Fsp3) is 0.632. The van der Waals surface area contributed by atoms with Crippen LogP contribution in [0.3, 0.4) is 0 Å². The van der Waals surface area contributed by atoms with Crippen LogP contribution in [0.2, 0.25) is 18.1 Å². The Kier molecular flexibility index (Phi) is 7.02. The Morgan fingerprint density at radius 3 is 2.33 bits per heavy atom. The summed E-state index contributed by atoms with van der Waals surface area (Å²) in [5.74, 6) is 0.765. The zero-order valence-corrected chi connectivity index (χ0v) is 14.6. The number of rotatable bonds is 7. The molecule has 0 aromatic heterocycles. The average Bonchev–Trinajstić information content (AvgIpc) is 2.55. The minimum absolute atomic E-state index is 0.408. The first kappa shape index (κ1) is 16.3. The van der Waals surface area contributed by atoms with E-state index in [0.717, 1.165) is 11.5 Å². The first-order valence-corrected chi connectivity index (χ1v) is 11.3. The number of benzene rings is 1. The standard InChI is InChI=1S/C19H29NSi/c1-2-3-4-5-6-13-21-14-11-19(12-15-21)18-9-7-17(16-20)8-10-18/h7-10,19,21H,2-6,11-15H2,1H3. The molecule has 0 spiro atoms. The van der Waals surface area contributed by atoms with Crippen LogP contribution >= 0.6 is 0 Å². The second-order valence-electron chi connectivity index (χ2n) is 6.65. The van der Waals surface area contributed by atoms with Crippen LogP contribution < -0.4 is 0 Å². The van der Waals surface area contributed by atoms with Crippen molar-refractivity contribution >= 4 is 8.80 Å². The number of nitriles is 1. The van der Waals surface area contributed by atoms with Crippen molar-refractivity contribution in [2.45, 2.75) is 75.9 Å². The van der Waals surface area contributed by atoms with Gasteiger partial charge in [-0.05, 0) is 36.5 Å². The molecule has 1 aliphatic rings. The fourth-order valence-corrected chi connectivity index (χ4v) is 7.13. The lowest BCUT2D eigenvalue weighted by Crippen LogP contribution is -2.20. The molecule has 1 saturated heterocycles. The summed E-state index contributed by atoms with van der Waals surface area (Å²) in [5, 5.41) is 8.87. The van der Waals surface area contributed by atoms with E-state index < -0.39 is 8.80 Å². The second kappa shape index (κ2) is 9.05. The Balaban J connectivity index is 1.69. The quantitative estimate of drug-likeness (QED) is 0.472. The molecule has 0 radical (unpaired) electrons. The van der Waals surface area contributed by atoms with Crippen molar-refractivity contribution in [3.63, 3.8) is 0 Å². The molecule has 1 nitrogen and oxygen atoms in total. The molecule has 1 aromatic rings. The highest BCUT2D eigenvalue weighted by Crippen LogP contribution is 2.35. The number of nitrogens with zero attached hydrogens (tertiary/aromatic N) is 1. The van der Waals surface area contributed by atoms with Gasteiger partial charge < -0.3 is 0 Å². The summed E-state index contributed by atoms with van der Waals surface area (Å²) < 4.78 is 0. The predicted octanol–water partition coefficient (Wildman–Crippen LogP) is 5.63. The Hall–Kier alpha value is -1.07. The van der Waals surface area contributed by atoms with Gasteiger partial charge in [0.1, 0.15) is 0 Å². The average molecular weight is 300 g/mol. The summed E-state index contributed by atoms with van der Waals surface area (Å²) in [6.45, 7) is 2.29. The largest absolute Gasteiger partial charge is 0.192 e. The van der Waals surface area contributed by atoms with E-state index in [1.807, 2.05) is 12.1 Å². The fourth-order valence-electron chi connectivity index (χ4n) is 3.65. The highest BCUT2D eigenvalue weighted by molar-refractivity contribution is 6.59. The van der Waals surface area contributed by atoms with Crippen molar-refractivity contribution < 1.29 is 0 Å². The highest BCUT2D eigenvalue weighted by atomic mass is 28.3. The van der Waals surface area contributed by atoms with E-state index >= 15 is 0 Å². The third kappa shape index (κ3) is 5.32. The zero-order valence-electron chi connectivity index (χ0n) is 13.5. The lowest BCUT2D eigenvalue weighted by molar-refractivity contribution is 0.600. The van der Waals surface area contributed by atoms with Crippen LogP contribution in [0.15, 0.2) is 24.3 Å². The Bertz CT molecular complexity index is 438. The van der Waals surface area contributed by atoms with Gasteiger partial charge >= 0.3 is 0 Å². The predicted molar refractivity (Wildman–Crippen MR) is 93.5 cm³/mol. The van der Waals surface area contributed by atoms with E-state index in [1.54, 1.807) is 18.1 Å². The van der Waals surface area contributed by atoms with Crippen LogP contribution in [0.4, 0.5) is 0 Å². The van der Waals surface area contributed by atoms with Gasteiger partial charge in [0.25, 0.3) is 0 Å². The molecule has 0 amide bonds. The maximum Gasteiger partial charge on any atom is 0.0991 e. The number of hydrogen-bond donors (Lipinski definition) is 0. The van der Waals surface area contributed by atoms with E-state index in [1.165, 1.54) is 50.5 Å². The minimum atomic E-state index is -0.408. The molecule has 114 valence electrons. The molecular weight excluding hydrogens is 270 g/mol. The molecule has 0 saturated carbocycles. The molecule has 1 aliphatic heterocycles. The van der Waals surface area contributed by atoms with Gasteiger partial charge in [0.15, 0.2) is 0 Å². The third-order valence-corrected chi connectivity index (χ3v) is 8.60. The summed E-state index contributed by atoms with van der Waals surface area (Å²) >= 11 is 0. The molecule has 0 atom stereocenters. The molecule has 0 aliphatic carbocycles. The summed E-state index contributed by atoms with van der Waals surface area (Å²) in [5.41, 5.74) is 2.25. The highest BCUT2D eigenvalue weighted by Gasteiger charge is 2.22. The topological polar surface area (TPSA) is 23.8 Å². The van der Waals surface area contributed by atoms with Crippen LogP contribution in [-0.2, 0) is 0 Å². The first-order valence-electron chi connectivity index (χ1n) is 8.83. The summed E-state index contributed by atoms with van der Waals surface area (Å²) in [7, 11) is -0.408. The summed E-state index contributed by atoms with van der Waals surface area (Å²) in [6, 6.07) is 15.2. The Labute approximate surface area is 132 Å². The lowest BCUT2D eigenvalue weighted by Gasteiger charge is -2.28. The van der Waals surface area contributed by atoms with Gasteiger partial charge in [-0.2, -0.15) is 5.26 Å². The molecule has 0 N–H and O–H groups in total. The van der Waals surface area contributed by atoms with Crippen molar-refractivity contribution in [3.8, 4) is 6.07 Å². The van der Waals surface area contributed by atoms with Crippen molar-refractivity contribution in [2.24, 2.45) is 0 Å². The normalized spacial score (nSPS) is 21.9. The molecular formula is C19H29NSi. The zero-order chi connectivity index (χ0) is 14.9. The van der Waals surface area contributed by atoms with Gasteiger partial charge in [-0.25, -0.2) is 0 Å². The molecule has 2 rings (SSSR count). The van der Waals surface area contributed by atoms with Crippen molar-refractivity contribution in [1.82, 2.24) is 0 Å². The van der Waals surface area contributed by atoms with Gasteiger partial charge in [0.2, 0.25) is 0 Å². The SMILES string of the molecule is CCCCCCC[SiH]1CCC(c2ccc(C#N)cc2)CC1. The van der Waals surface area contributed by atoms with Crippen LogP contribution in [0.25, 0.3) is 0 Å². The van der Waals surface area contributed by atoms with E-state index in [4.69, 9.17) is 5.26 Å². The second-order valence-corrected chi connectivity index (χ2v) is 10.1. The lowest BCUT2D eigenvalue weighted by atomic mass is 9.93. The summed E-state index contributed by atoms with van der Waals surface area (Å²) in [6.07, 6.45) is 10.00. The van der Waals surface area contributed by atoms with Gasteiger partial charge in [0, 0.05) is 8.80 Å². The number of hydrogen-bond acceptors (Lipinski definition) is 1. The van der Waals surface area contributed by atoms with E-state index in [9.17, 15) is 0 Å². The molecule has 21 heavy (non-hydrogen) atoms. The van der Waals surface area contributed by atoms with Crippen molar-refractivity contribution in [3.05, 3.63) is 35.4 Å². The first-order chi connectivity index (χ1) is 10.3. The van der Waals surface area contributed by atoms with Crippen molar-refractivity contribution in [1.29, 1.82) is 5.26 Å². The van der Waals surface area contributed by atoms with E-state index in [0.29, 0.717) is 0 Å². The molecule has 1 fully saturated rings. The maximum atomic E-state index is 8.87. The van der Waals surface area contributed by atoms with Crippen LogP contribution in [0.5, 0.6) is 0 Å². The number of unbranched alkanes of at least 4 members (excludes halogenated alkanes) is 4. The minimum Gasteiger partial charge on any atom is -0.192 e. The van der Waals surface area contributed by atoms with Gasteiger partial charge in [-0.15, -0.1) is 0 Å². The van der Waals surface area contributed by atoms with Gasteiger partial charge in [-0.1, -0.05) is 69.3 Å². The van der Waals surface area contributed by atoms with Gasteiger partial charge in [-0.3, -0.25) is 0 Å².